The van der Waals surface area contributed by atoms with Crippen LogP contribution in [-0.4, -0.2) is 18.5 Å². The molecular weight excluding hydrogens is 338 g/mol. The third kappa shape index (κ3) is 4.21. The molecule has 2 aromatic carbocycles. The van der Waals surface area contributed by atoms with Crippen molar-refractivity contribution in [2.75, 3.05) is 11.9 Å². The van der Waals surface area contributed by atoms with E-state index in [0.717, 1.165) is 29.2 Å². The van der Waals surface area contributed by atoms with Crippen molar-refractivity contribution in [1.82, 2.24) is 0 Å². The first-order chi connectivity index (χ1) is 13.2. The van der Waals surface area contributed by atoms with Gasteiger partial charge in [-0.2, -0.15) is 0 Å². The van der Waals surface area contributed by atoms with E-state index in [9.17, 15) is 9.59 Å². The zero-order valence-corrected chi connectivity index (χ0v) is 15.4. The Kier molecular flexibility index (Phi) is 5.23. The molecule has 0 spiro atoms. The molecule has 3 atom stereocenters. The zero-order chi connectivity index (χ0) is 18.6. The maximum Gasteiger partial charge on any atom is 0.306 e. The fraction of sp³-hybridized carbons (Fsp3) is 0.391. The average molecular weight is 363 g/mol. The van der Waals surface area contributed by atoms with Crippen molar-refractivity contribution in [3.8, 4) is 11.1 Å². The van der Waals surface area contributed by atoms with Gasteiger partial charge in [-0.3, -0.25) is 9.59 Å². The Morgan fingerprint density at radius 1 is 0.963 bits per heavy atom. The minimum Gasteiger partial charge on any atom is -0.456 e. The van der Waals surface area contributed by atoms with Crippen LogP contribution in [0.2, 0.25) is 0 Å². The minimum absolute atomic E-state index is 0.233. The van der Waals surface area contributed by atoms with Crippen molar-refractivity contribution in [1.29, 1.82) is 0 Å². The van der Waals surface area contributed by atoms with Gasteiger partial charge in [-0.05, 0) is 48.6 Å². The highest BCUT2D eigenvalue weighted by atomic mass is 16.5. The Labute approximate surface area is 159 Å². The van der Waals surface area contributed by atoms with Gasteiger partial charge in [0.1, 0.15) is 0 Å². The molecule has 2 aliphatic carbocycles. The molecule has 0 unspecified atom stereocenters. The van der Waals surface area contributed by atoms with Crippen LogP contribution in [0.1, 0.15) is 32.1 Å². The van der Waals surface area contributed by atoms with E-state index in [4.69, 9.17) is 4.74 Å². The first-order valence-electron chi connectivity index (χ1n) is 9.79. The summed E-state index contributed by atoms with van der Waals surface area (Å²) in [5.74, 6) is 1.40. The summed E-state index contributed by atoms with van der Waals surface area (Å²) in [7, 11) is 0. The SMILES string of the molecule is O=C(COC(=O)C[C@H]1C[C@H]2CC[C@@H]1C2)Nc1ccccc1-c1ccccc1. The Morgan fingerprint density at radius 2 is 1.74 bits per heavy atom. The number of para-hydroxylation sites is 1. The van der Waals surface area contributed by atoms with E-state index < -0.39 is 0 Å². The van der Waals surface area contributed by atoms with Gasteiger partial charge in [0.15, 0.2) is 6.61 Å². The van der Waals surface area contributed by atoms with Crippen molar-refractivity contribution in [2.24, 2.45) is 17.8 Å². The molecule has 2 fully saturated rings. The number of fused-ring (bicyclic) bond motifs is 2. The average Bonchev–Trinajstić information content (AvgIpc) is 3.31. The van der Waals surface area contributed by atoms with E-state index in [1.807, 2.05) is 54.6 Å². The van der Waals surface area contributed by atoms with E-state index in [1.165, 1.54) is 19.3 Å². The summed E-state index contributed by atoms with van der Waals surface area (Å²) < 4.78 is 5.24. The molecule has 1 amide bonds. The Hall–Kier alpha value is -2.62. The predicted octanol–water partition coefficient (Wildman–Crippen LogP) is 4.66. The molecule has 2 aliphatic rings. The van der Waals surface area contributed by atoms with Gasteiger partial charge in [0.05, 0.1) is 0 Å². The summed E-state index contributed by atoms with van der Waals surface area (Å²) in [6.07, 6.45) is 5.44. The van der Waals surface area contributed by atoms with Gasteiger partial charge in [-0.15, -0.1) is 0 Å². The quantitative estimate of drug-likeness (QED) is 0.759. The van der Waals surface area contributed by atoms with E-state index in [-0.39, 0.29) is 18.5 Å². The highest BCUT2D eigenvalue weighted by Crippen LogP contribution is 2.49. The molecule has 2 saturated carbocycles. The number of esters is 1. The van der Waals surface area contributed by atoms with Crippen LogP contribution in [0.15, 0.2) is 54.6 Å². The molecule has 4 heteroatoms. The smallest absolute Gasteiger partial charge is 0.306 e. The summed E-state index contributed by atoms with van der Waals surface area (Å²) in [5.41, 5.74) is 2.69. The second-order valence-electron chi connectivity index (χ2n) is 7.76. The molecule has 4 rings (SSSR count). The van der Waals surface area contributed by atoms with Crippen LogP contribution in [0, 0.1) is 17.8 Å². The van der Waals surface area contributed by atoms with Crippen molar-refractivity contribution >= 4 is 17.6 Å². The summed E-state index contributed by atoms with van der Waals surface area (Å²) in [5, 5.41) is 2.87. The zero-order valence-electron chi connectivity index (χ0n) is 15.4. The van der Waals surface area contributed by atoms with Crippen molar-refractivity contribution in [3.05, 3.63) is 54.6 Å². The normalized spacial score (nSPS) is 23.2. The number of ether oxygens (including phenoxy) is 1. The van der Waals surface area contributed by atoms with Gasteiger partial charge in [0, 0.05) is 17.7 Å². The topological polar surface area (TPSA) is 55.4 Å². The van der Waals surface area contributed by atoms with Gasteiger partial charge in [-0.1, -0.05) is 55.0 Å². The Balaban J connectivity index is 1.30. The molecule has 0 radical (unpaired) electrons. The summed E-state index contributed by atoms with van der Waals surface area (Å²) in [6.45, 7) is -0.233. The van der Waals surface area contributed by atoms with Crippen molar-refractivity contribution < 1.29 is 14.3 Å². The molecule has 2 aromatic rings. The Morgan fingerprint density at radius 3 is 2.48 bits per heavy atom. The lowest BCUT2D eigenvalue weighted by Crippen LogP contribution is -2.23. The molecule has 4 nitrogen and oxygen atoms in total. The standard InChI is InChI=1S/C23H25NO3/c25-22(15-27-23(26)14-19-13-16-10-11-18(19)12-16)24-21-9-5-4-8-20(21)17-6-2-1-3-7-17/h1-9,16,18-19H,10-15H2,(H,24,25)/t16-,18+,19+/m0/s1. The van der Waals surface area contributed by atoms with Crippen LogP contribution in [0.4, 0.5) is 5.69 Å². The number of carbonyl (C=O) groups excluding carboxylic acids is 2. The minimum atomic E-state index is -0.306. The molecular formula is C23H25NO3. The second-order valence-corrected chi connectivity index (χ2v) is 7.76. The first kappa shape index (κ1) is 17.8. The van der Waals surface area contributed by atoms with Gasteiger partial charge in [0.2, 0.25) is 0 Å². The van der Waals surface area contributed by atoms with Crippen LogP contribution < -0.4 is 5.32 Å². The number of amides is 1. The molecule has 0 saturated heterocycles. The third-order valence-electron chi connectivity index (χ3n) is 5.96. The largest absolute Gasteiger partial charge is 0.456 e. The van der Waals surface area contributed by atoms with Crippen LogP contribution in [0.3, 0.4) is 0 Å². The number of rotatable bonds is 6. The second kappa shape index (κ2) is 7.95. The maximum absolute atomic E-state index is 12.3. The van der Waals surface area contributed by atoms with E-state index >= 15 is 0 Å². The molecule has 140 valence electrons. The molecule has 0 heterocycles. The molecule has 27 heavy (non-hydrogen) atoms. The van der Waals surface area contributed by atoms with E-state index in [1.54, 1.807) is 0 Å². The van der Waals surface area contributed by atoms with Crippen LogP contribution in [0.5, 0.6) is 0 Å². The summed E-state index contributed by atoms with van der Waals surface area (Å²) >= 11 is 0. The van der Waals surface area contributed by atoms with Gasteiger partial charge >= 0.3 is 5.97 Å². The van der Waals surface area contributed by atoms with Gasteiger partial charge in [-0.25, -0.2) is 0 Å². The van der Waals surface area contributed by atoms with Crippen LogP contribution >= 0.6 is 0 Å². The molecule has 1 N–H and O–H groups in total. The highest BCUT2D eigenvalue weighted by molar-refractivity contribution is 5.96. The number of carbonyl (C=O) groups is 2. The lowest BCUT2D eigenvalue weighted by molar-refractivity contribution is -0.148. The summed E-state index contributed by atoms with van der Waals surface area (Å²) in [6, 6.07) is 17.5. The number of benzene rings is 2. The fourth-order valence-corrected chi connectivity index (χ4v) is 4.69. The number of hydrogen-bond donors (Lipinski definition) is 1. The predicted molar refractivity (Wildman–Crippen MR) is 105 cm³/mol. The first-order valence-corrected chi connectivity index (χ1v) is 9.79. The van der Waals surface area contributed by atoms with Gasteiger partial charge in [0.25, 0.3) is 5.91 Å². The third-order valence-corrected chi connectivity index (χ3v) is 5.96. The van der Waals surface area contributed by atoms with Gasteiger partial charge < -0.3 is 10.1 Å². The molecule has 0 aromatic heterocycles. The lowest BCUT2D eigenvalue weighted by Gasteiger charge is -2.20. The van der Waals surface area contributed by atoms with E-state index in [2.05, 4.69) is 5.32 Å². The number of hydrogen-bond acceptors (Lipinski definition) is 3. The molecule has 2 bridgehead atoms. The summed E-state index contributed by atoms with van der Waals surface area (Å²) in [4.78, 5) is 24.4. The lowest BCUT2D eigenvalue weighted by atomic mass is 9.86. The van der Waals surface area contributed by atoms with Crippen molar-refractivity contribution in [3.63, 3.8) is 0 Å². The van der Waals surface area contributed by atoms with E-state index in [0.29, 0.717) is 18.3 Å². The van der Waals surface area contributed by atoms with Crippen molar-refractivity contribution in [2.45, 2.75) is 32.1 Å². The monoisotopic (exact) mass is 363 g/mol. The Bertz CT molecular complexity index is 817. The number of nitrogens with one attached hydrogen (secondary N) is 1. The maximum atomic E-state index is 12.3. The van der Waals surface area contributed by atoms with Crippen LogP contribution in [-0.2, 0) is 14.3 Å². The van der Waals surface area contributed by atoms with Crippen LogP contribution in [0.25, 0.3) is 11.1 Å². The highest BCUT2D eigenvalue weighted by Gasteiger charge is 2.40. The fourth-order valence-electron chi connectivity index (χ4n) is 4.69. The molecule has 0 aliphatic heterocycles. The number of anilines is 1.